The van der Waals surface area contributed by atoms with E-state index in [0.717, 1.165) is 21.4 Å². The van der Waals surface area contributed by atoms with Crippen molar-refractivity contribution >= 4 is 33.7 Å². The van der Waals surface area contributed by atoms with Crippen LogP contribution in [0.3, 0.4) is 0 Å². The first kappa shape index (κ1) is 16.2. The van der Waals surface area contributed by atoms with Gasteiger partial charge in [0.25, 0.3) is 5.91 Å². The molecule has 0 spiro atoms. The SMILES string of the molecule is C/C(=N/NC(=O)COc1ccc2ccccc2c1)c1ccc(C)s1. The van der Waals surface area contributed by atoms with Gasteiger partial charge in [-0.2, -0.15) is 5.10 Å². The molecular formula is C19H18N2O2S. The van der Waals surface area contributed by atoms with Crippen LogP contribution in [-0.2, 0) is 4.79 Å². The molecule has 2 aromatic carbocycles. The predicted octanol–water partition coefficient (Wildman–Crippen LogP) is 4.13. The molecule has 5 heteroatoms. The van der Waals surface area contributed by atoms with Crippen molar-refractivity contribution in [1.82, 2.24) is 5.43 Å². The van der Waals surface area contributed by atoms with Gasteiger partial charge < -0.3 is 4.74 Å². The Morgan fingerprint density at radius 2 is 1.92 bits per heavy atom. The van der Waals surface area contributed by atoms with E-state index >= 15 is 0 Å². The van der Waals surface area contributed by atoms with Crippen molar-refractivity contribution in [3.05, 3.63) is 64.4 Å². The van der Waals surface area contributed by atoms with E-state index in [0.29, 0.717) is 5.75 Å². The van der Waals surface area contributed by atoms with E-state index in [2.05, 4.69) is 10.5 Å². The largest absolute Gasteiger partial charge is 0.484 e. The van der Waals surface area contributed by atoms with Crippen LogP contribution in [0.15, 0.2) is 59.7 Å². The summed E-state index contributed by atoms with van der Waals surface area (Å²) < 4.78 is 5.54. The highest BCUT2D eigenvalue weighted by molar-refractivity contribution is 7.14. The van der Waals surface area contributed by atoms with Gasteiger partial charge in [-0.1, -0.05) is 30.3 Å². The number of benzene rings is 2. The van der Waals surface area contributed by atoms with Gasteiger partial charge in [0.05, 0.1) is 10.6 Å². The van der Waals surface area contributed by atoms with Crippen molar-refractivity contribution < 1.29 is 9.53 Å². The van der Waals surface area contributed by atoms with Crippen LogP contribution in [0.2, 0.25) is 0 Å². The lowest BCUT2D eigenvalue weighted by molar-refractivity contribution is -0.123. The van der Waals surface area contributed by atoms with Crippen LogP contribution in [0.1, 0.15) is 16.7 Å². The molecule has 3 aromatic rings. The van der Waals surface area contributed by atoms with Crippen molar-refractivity contribution in [1.29, 1.82) is 0 Å². The minimum atomic E-state index is -0.282. The number of ether oxygens (including phenoxy) is 1. The van der Waals surface area contributed by atoms with Gasteiger partial charge in [-0.25, -0.2) is 5.43 Å². The fourth-order valence-electron chi connectivity index (χ4n) is 2.27. The molecule has 24 heavy (non-hydrogen) atoms. The highest BCUT2D eigenvalue weighted by Gasteiger charge is 2.05. The van der Waals surface area contributed by atoms with Crippen LogP contribution in [0, 0.1) is 6.92 Å². The molecule has 0 aliphatic heterocycles. The van der Waals surface area contributed by atoms with Crippen LogP contribution < -0.4 is 10.2 Å². The Morgan fingerprint density at radius 1 is 1.12 bits per heavy atom. The number of rotatable bonds is 5. The minimum absolute atomic E-state index is 0.0708. The summed E-state index contributed by atoms with van der Waals surface area (Å²) in [6.07, 6.45) is 0. The third-order valence-electron chi connectivity index (χ3n) is 3.54. The second kappa shape index (κ2) is 7.27. The second-order valence-corrected chi connectivity index (χ2v) is 6.73. The van der Waals surface area contributed by atoms with Crippen molar-refractivity contribution in [3.63, 3.8) is 0 Å². The summed E-state index contributed by atoms with van der Waals surface area (Å²) in [6.45, 7) is 3.84. The molecule has 0 saturated heterocycles. The van der Waals surface area contributed by atoms with Crippen molar-refractivity contribution in [2.75, 3.05) is 6.61 Å². The average molecular weight is 338 g/mol. The van der Waals surface area contributed by atoms with Crippen LogP contribution in [0.5, 0.6) is 5.75 Å². The van der Waals surface area contributed by atoms with E-state index < -0.39 is 0 Å². The van der Waals surface area contributed by atoms with Crippen LogP contribution in [0.25, 0.3) is 10.8 Å². The lowest BCUT2D eigenvalue weighted by Gasteiger charge is -2.06. The molecule has 3 rings (SSSR count). The molecule has 1 heterocycles. The Kier molecular flexibility index (Phi) is 4.91. The number of carbonyl (C=O) groups is 1. The van der Waals surface area contributed by atoms with E-state index in [4.69, 9.17) is 4.74 Å². The van der Waals surface area contributed by atoms with Crippen molar-refractivity contribution in [2.24, 2.45) is 5.10 Å². The highest BCUT2D eigenvalue weighted by atomic mass is 32.1. The summed E-state index contributed by atoms with van der Waals surface area (Å²) in [5, 5.41) is 6.34. The van der Waals surface area contributed by atoms with Gasteiger partial charge in [-0.05, 0) is 48.9 Å². The van der Waals surface area contributed by atoms with Crippen LogP contribution >= 0.6 is 11.3 Å². The van der Waals surface area contributed by atoms with Crippen molar-refractivity contribution in [2.45, 2.75) is 13.8 Å². The number of aryl methyl sites for hydroxylation is 1. The van der Waals surface area contributed by atoms with Gasteiger partial charge in [0.15, 0.2) is 6.61 Å². The topological polar surface area (TPSA) is 50.7 Å². The molecule has 0 fully saturated rings. The molecule has 0 bridgehead atoms. The first-order valence-corrected chi connectivity index (χ1v) is 8.45. The third kappa shape index (κ3) is 4.00. The standard InChI is InChI=1S/C19H18N2O2S/c1-13-7-10-18(24-13)14(2)20-21-19(22)12-23-17-9-8-15-5-3-4-6-16(15)11-17/h3-11H,12H2,1-2H3,(H,21,22)/b20-14-. The molecule has 0 aliphatic carbocycles. The molecule has 0 atom stereocenters. The third-order valence-corrected chi connectivity index (χ3v) is 4.65. The van der Waals surface area contributed by atoms with Gasteiger partial charge in [0.2, 0.25) is 0 Å². The zero-order valence-corrected chi connectivity index (χ0v) is 14.4. The fraction of sp³-hybridized carbons (Fsp3) is 0.158. The lowest BCUT2D eigenvalue weighted by Crippen LogP contribution is -2.25. The summed E-state index contributed by atoms with van der Waals surface area (Å²) in [5.41, 5.74) is 3.31. The summed E-state index contributed by atoms with van der Waals surface area (Å²) in [6, 6.07) is 17.8. The Morgan fingerprint density at radius 3 is 2.67 bits per heavy atom. The van der Waals surface area contributed by atoms with E-state index in [9.17, 15) is 4.79 Å². The Bertz CT molecular complexity index is 899. The maximum Gasteiger partial charge on any atom is 0.277 e. The number of nitrogens with zero attached hydrogens (tertiary/aromatic N) is 1. The molecule has 0 saturated carbocycles. The lowest BCUT2D eigenvalue weighted by atomic mass is 10.1. The first-order chi connectivity index (χ1) is 11.6. The van der Waals surface area contributed by atoms with E-state index in [1.165, 1.54) is 4.88 Å². The normalized spacial score (nSPS) is 11.5. The molecule has 4 nitrogen and oxygen atoms in total. The predicted molar refractivity (Wildman–Crippen MR) is 98.9 cm³/mol. The number of fused-ring (bicyclic) bond motifs is 1. The summed E-state index contributed by atoms with van der Waals surface area (Å²) >= 11 is 1.65. The van der Waals surface area contributed by atoms with Gasteiger partial charge in [-0.15, -0.1) is 11.3 Å². The quantitative estimate of drug-likeness (QED) is 0.562. The van der Waals surface area contributed by atoms with E-state index in [1.54, 1.807) is 11.3 Å². The number of thiophene rings is 1. The summed E-state index contributed by atoms with van der Waals surface area (Å²) in [4.78, 5) is 14.1. The number of amides is 1. The number of hydrogen-bond donors (Lipinski definition) is 1. The highest BCUT2D eigenvalue weighted by Crippen LogP contribution is 2.20. The monoisotopic (exact) mass is 338 g/mol. The summed E-state index contributed by atoms with van der Waals surface area (Å²) in [5.74, 6) is 0.384. The molecule has 1 N–H and O–H groups in total. The molecule has 122 valence electrons. The van der Waals surface area contributed by atoms with Gasteiger partial charge in [0.1, 0.15) is 5.75 Å². The number of hydrazone groups is 1. The van der Waals surface area contributed by atoms with E-state index in [1.807, 2.05) is 68.4 Å². The average Bonchev–Trinajstić information content (AvgIpc) is 3.04. The fourth-order valence-corrected chi connectivity index (χ4v) is 3.08. The first-order valence-electron chi connectivity index (χ1n) is 7.63. The molecule has 1 amide bonds. The Labute approximate surface area is 144 Å². The van der Waals surface area contributed by atoms with E-state index in [-0.39, 0.29) is 12.5 Å². The maximum absolute atomic E-state index is 11.9. The molecule has 0 aliphatic rings. The Balaban J connectivity index is 1.56. The minimum Gasteiger partial charge on any atom is -0.484 e. The van der Waals surface area contributed by atoms with Gasteiger partial charge in [-0.3, -0.25) is 4.79 Å². The summed E-state index contributed by atoms with van der Waals surface area (Å²) in [7, 11) is 0. The smallest absolute Gasteiger partial charge is 0.277 e. The van der Waals surface area contributed by atoms with Crippen LogP contribution in [-0.4, -0.2) is 18.2 Å². The second-order valence-electron chi connectivity index (χ2n) is 5.44. The number of hydrogen-bond acceptors (Lipinski definition) is 4. The van der Waals surface area contributed by atoms with Crippen molar-refractivity contribution in [3.8, 4) is 5.75 Å². The zero-order valence-electron chi connectivity index (χ0n) is 13.6. The Hall–Kier alpha value is -2.66. The molecule has 1 aromatic heterocycles. The van der Waals surface area contributed by atoms with Crippen LogP contribution in [0.4, 0.5) is 0 Å². The van der Waals surface area contributed by atoms with Gasteiger partial charge in [0, 0.05) is 4.88 Å². The zero-order chi connectivity index (χ0) is 16.9. The molecular weight excluding hydrogens is 320 g/mol. The molecule has 0 unspecified atom stereocenters. The maximum atomic E-state index is 11.9. The van der Waals surface area contributed by atoms with Gasteiger partial charge >= 0.3 is 0 Å². The number of nitrogens with one attached hydrogen (secondary N) is 1. The number of carbonyl (C=O) groups excluding carboxylic acids is 1. The molecule has 0 radical (unpaired) electrons.